The second kappa shape index (κ2) is 6.68. The fraction of sp³-hybridized carbons (Fsp3) is 0.353. The average molecular weight is 288 g/mol. The molecule has 4 heteroatoms. The van der Waals surface area contributed by atoms with E-state index in [2.05, 4.69) is 10.3 Å². The molecule has 0 unspecified atom stereocenters. The molecule has 0 aliphatic rings. The minimum Gasteiger partial charge on any atom is -0.436 e. The van der Waals surface area contributed by atoms with Crippen molar-refractivity contribution >= 4 is 0 Å². The van der Waals surface area contributed by atoms with Gasteiger partial charge in [0.05, 0.1) is 0 Å². The van der Waals surface area contributed by atoms with Crippen molar-refractivity contribution in [2.45, 2.75) is 40.3 Å². The van der Waals surface area contributed by atoms with Crippen LogP contribution in [0.1, 0.15) is 30.5 Å². The minimum atomic E-state index is -0.411. The van der Waals surface area contributed by atoms with Gasteiger partial charge in [-0.05, 0) is 37.1 Å². The van der Waals surface area contributed by atoms with Crippen LogP contribution < -0.4 is 10.1 Å². The molecule has 0 aliphatic heterocycles. The van der Waals surface area contributed by atoms with Gasteiger partial charge in [0, 0.05) is 24.3 Å². The van der Waals surface area contributed by atoms with Crippen LogP contribution in [-0.4, -0.2) is 11.0 Å². The number of benzene rings is 1. The van der Waals surface area contributed by atoms with E-state index in [9.17, 15) is 4.39 Å². The van der Waals surface area contributed by atoms with Crippen molar-refractivity contribution in [3.05, 3.63) is 53.0 Å². The maximum Gasteiger partial charge on any atom is 0.256 e. The number of aryl methyl sites for hydroxylation is 1. The molecular weight excluding hydrogens is 267 g/mol. The van der Waals surface area contributed by atoms with Crippen molar-refractivity contribution in [3.63, 3.8) is 0 Å². The Morgan fingerprint density at radius 3 is 2.71 bits per heavy atom. The standard InChI is InChI=1S/C17H21FN2O/c1-11(2)20-10-14-8-9-19-17(16(14)18)21-15-7-5-6-12(3)13(15)4/h5-9,11,20H,10H2,1-4H3. The molecule has 0 fully saturated rings. The third-order valence-corrected chi connectivity index (χ3v) is 3.40. The van der Waals surface area contributed by atoms with E-state index in [0.29, 0.717) is 23.9 Å². The second-order valence-electron chi connectivity index (χ2n) is 5.42. The lowest BCUT2D eigenvalue weighted by Crippen LogP contribution is -2.22. The van der Waals surface area contributed by atoms with Gasteiger partial charge in [0.15, 0.2) is 5.82 Å². The van der Waals surface area contributed by atoms with Crippen LogP contribution >= 0.6 is 0 Å². The summed E-state index contributed by atoms with van der Waals surface area (Å²) >= 11 is 0. The molecule has 2 aromatic rings. The van der Waals surface area contributed by atoms with Crippen molar-refractivity contribution in [1.29, 1.82) is 0 Å². The SMILES string of the molecule is Cc1cccc(Oc2nccc(CNC(C)C)c2F)c1C. The molecule has 0 atom stereocenters. The van der Waals surface area contributed by atoms with Crippen molar-refractivity contribution in [3.8, 4) is 11.6 Å². The Labute approximate surface area is 125 Å². The Hall–Kier alpha value is -1.94. The zero-order valence-corrected chi connectivity index (χ0v) is 12.9. The summed E-state index contributed by atoms with van der Waals surface area (Å²) in [5.41, 5.74) is 2.65. The summed E-state index contributed by atoms with van der Waals surface area (Å²) < 4.78 is 20.1. The Balaban J connectivity index is 2.24. The molecule has 0 saturated carbocycles. The number of pyridine rings is 1. The lowest BCUT2D eigenvalue weighted by Gasteiger charge is -2.13. The maximum absolute atomic E-state index is 14.4. The molecule has 1 heterocycles. The van der Waals surface area contributed by atoms with Crippen LogP contribution in [0.5, 0.6) is 11.6 Å². The number of hydrogen-bond acceptors (Lipinski definition) is 3. The number of aromatic nitrogens is 1. The molecule has 21 heavy (non-hydrogen) atoms. The summed E-state index contributed by atoms with van der Waals surface area (Å²) in [5.74, 6) is 0.244. The lowest BCUT2D eigenvalue weighted by atomic mass is 10.1. The van der Waals surface area contributed by atoms with Crippen LogP contribution in [0.25, 0.3) is 0 Å². The number of rotatable bonds is 5. The molecule has 0 spiro atoms. The van der Waals surface area contributed by atoms with Gasteiger partial charge in [-0.15, -0.1) is 0 Å². The van der Waals surface area contributed by atoms with E-state index in [1.165, 1.54) is 0 Å². The molecule has 112 valence electrons. The molecule has 0 saturated heterocycles. The molecule has 0 bridgehead atoms. The highest BCUT2D eigenvalue weighted by atomic mass is 19.1. The van der Waals surface area contributed by atoms with Crippen LogP contribution in [0, 0.1) is 19.7 Å². The van der Waals surface area contributed by atoms with Gasteiger partial charge >= 0.3 is 0 Å². The minimum absolute atomic E-state index is 0.0201. The summed E-state index contributed by atoms with van der Waals surface area (Å²) in [6.07, 6.45) is 1.57. The zero-order chi connectivity index (χ0) is 15.4. The summed E-state index contributed by atoms with van der Waals surface area (Å²) in [4.78, 5) is 4.01. The quantitative estimate of drug-likeness (QED) is 0.898. The topological polar surface area (TPSA) is 34.1 Å². The summed E-state index contributed by atoms with van der Waals surface area (Å²) in [5, 5.41) is 3.19. The summed E-state index contributed by atoms with van der Waals surface area (Å²) in [6, 6.07) is 7.67. The number of ether oxygens (including phenoxy) is 1. The summed E-state index contributed by atoms with van der Waals surface area (Å²) in [6.45, 7) is 8.44. The Kier molecular flexibility index (Phi) is 4.91. The number of halogens is 1. The highest BCUT2D eigenvalue weighted by Gasteiger charge is 2.13. The first kappa shape index (κ1) is 15.4. The Bertz CT molecular complexity index is 626. The first-order valence-corrected chi connectivity index (χ1v) is 7.10. The van der Waals surface area contributed by atoms with Crippen molar-refractivity contribution in [2.75, 3.05) is 0 Å². The third kappa shape index (κ3) is 3.79. The predicted octanol–water partition coefficient (Wildman–Crippen LogP) is 4.13. The van der Waals surface area contributed by atoms with Gasteiger partial charge < -0.3 is 10.1 Å². The molecule has 1 aromatic carbocycles. The molecule has 1 aromatic heterocycles. The van der Waals surface area contributed by atoms with E-state index >= 15 is 0 Å². The molecule has 1 N–H and O–H groups in total. The predicted molar refractivity (Wildman–Crippen MR) is 82.2 cm³/mol. The van der Waals surface area contributed by atoms with E-state index in [1.54, 1.807) is 12.3 Å². The maximum atomic E-state index is 14.4. The van der Waals surface area contributed by atoms with E-state index in [1.807, 2.05) is 45.9 Å². The van der Waals surface area contributed by atoms with Crippen LogP contribution in [0.4, 0.5) is 4.39 Å². The molecular formula is C17H21FN2O. The number of nitrogens with one attached hydrogen (secondary N) is 1. The molecule has 0 aliphatic carbocycles. The molecule has 0 amide bonds. The third-order valence-electron chi connectivity index (χ3n) is 3.40. The molecule has 3 nitrogen and oxygen atoms in total. The van der Waals surface area contributed by atoms with Crippen LogP contribution in [0.3, 0.4) is 0 Å². The Morgan fingerprint density at radius 1 is 1.24 bits per heavy atom. The highest BCUT2D eigenvalue weighted by Crippen LogP contribution is 2.28. The monoisotopic (exact) mass is 288 g/mol. The van der Waals surface area contributed by atoms with Gasteiger partial charge in [-0.1, -0.05) is 26.0 Å². The largest absolute Gasteiger partial charge is 0.436 e. The smallest absolute Gasteiger partial charge is 0.256 e. The van der Waals surface area contributed by atoms with Crippen LogP contribution in [0.2, 0.25) is 0 Å². The fourth-order valence-electron chi connectivity index (χ4n) is 1.92. The number of hydrogen-bond donors (Lipinski definition) is 1. The first-order valence-electron chi connectivity index (χ1n) is 7.10. The van der Waals surface area contributed by atoms with Crippen LogP contribution in [0.15, 0.2) is 30.5 Å². The highest BCUT2D eigenvalue weighted by molar-refractivity contribution is 5.40. The molecule has 2 rings (SSSR count). The van der Waals surface area contributed by atoms with Gasteiger partial charge in [-0.2, -0.15) is 0 Å². The van der Waals surface area contributed by atoms with Gasteiger partial charge in [0.25, 0.3) is 5.88 Å². The second-order valence-corrected chi connectivity index (χ2v) is 5.42. The normalized spacial score (nSPS) is 11.0. The van der Waals surface area contributed by atoms with Crippen molar-refractivity contribution in [2.24, 2.45) is 0 Å². The lowest BCUT2D eigenvalue weighted by molar-refractivity contribution is 0.413. The van der Waals surface area contributed by atoms with E-state index < -0.39 is 5.82 Å². The van der Waals surface area contributed by atoms with Gasteiger partial charge in [-0.3, -0.25) is 0 Å². The summed E-state index contributed by atoms with van der Waals surface area (Å²) in [7, 11) is 0. The van der Waals surface area contributed by atoms with E-state index in [0.717, 1.165) is 11.1 Å². The van der Waals surface area contributed by atoms with E-state index in [-0.39, 0.29) is 5.88 Å². The van der Waals surface area contributed by atoms with E-state index in [4.69, 9.17) is 4.74 Å². The Morgan fingerprint density at radius 2 is 2.00 bits per heavy atom. The first-order chi connectivity index (χ1) is 9.99. The number of nitrogens with zero attached hydrogens (tertiary/aromatic N) is 1. The van der Waals surface area contributed by atoms with Crippen LogP contribution in [-0.2, 0) is 6.54 Å². The van der Waals surface area contributed by atoms with Gasteiger partial charge in [0.2, 0.25) is 0 Å². The molecule has 0 radical (unpaired) electrons. The average Bonchev–Trinajstić information content (AvgIpc) is 2.44. The van der Waals surface area contributed by atoms with Crippen molar-refractivity contribution in [1.82, 2.24) is 10.3 Å². The van der Waals surface area contributed by atoms with Crippen molar-refractivity contribution < 1.29 is 9.13 Å². The fourth-order valence-corrected chi connectivity index (χ4v) is 1.92. The van der Waals surface area contributed by atoms with Gasteiger partial charge in [0.1, 0.15) is 5.75 Å². The zero-order valence-electron chi connectivity index (χ0n) is 12.9. The van der Waals surface area contributed by atoms with Gasteiger partial charge in [-0.25, -0.2) is 9.37 Å².